The summed E-state index contributed by atoms with van der Waals surface area (Å²) in [6.07, 6.45) is 5.56. The molecule has 6 heteroatoms. The number of nitrogen functional groups attached to an aromatic ring is 1. The van der Waals surface area contributed by atoms with Crippen LogP contribution in [0.2, 0.25) is 0 Å². The summed E-state index contributed by atoms with van der Waals surface area (Å²) in [7, 11) is 2.00. The topological polar surface area (TPSA) is 70.3 Å². The minimum atomic E-state index is 0.611. The highest BCUT2D eigenvalue weighted by Gasteiger charge is 2.13. The van der Waals surface area contributed by atoms with Gasteiger partial charge in [0.05, 0.1) is 0 Å². The first kappa shape index (κ1) is 17.5. The van der Waals surface area contributed by atoms with Crippen LogP contribution in [0.1, 0.15) is 24.8 Å². The second kappa shape index (κ2) is 8.67. The molecule has 0 amide bonds. The smallest absolute Gasteiger partial charge is 0.157 e. The van der Waals surface area contributed by atoms with Crippen LogP contribution in [-0.4, -0.2) is 48.1 Å². The Bertz CT molecular complexity index is 654. The molecule has 3 N–H and O–H groups in total. The van der Waals surface area contributed by atoms with E-state index in [0.717, 1.165) is 31.3 Å². The van der Waals surface area contributed by atoms with Crippen LogP contribution in [0.15, 0.2) is 36.7 Å². The standard InChI is InChI=1S/C19H28N6/c1-24(14-16-8-4-2-5-9-16)19-17(20)18(22-15-23-19)21-10-13-25-11-6-3-7-12-25/h2,4-5,8-9,15H,3,6-7,10-14,20H2,1H3,(H,21,22,23). The van der Waals surface area contributed by atoms with E-state index < -0.39 is 0 Å². The molecule has 0 atom stereocenters. The zero-order valence-corrected chi connectivity index (χ0v) is 15.0. The fourth-order valence-electron chi connectivity index (χ4n) is 3.28. The monoisotopic (exact) mass is 340 g/mol. The molecule has 0 spiro atoms. The summed E-state index contributed by atoms with van der Waals surface area (Å²) < 4.78 is 0. The van der Waals surface area contributed by atoms with Gasteiger partial charge < -0.3 is 20.9 Å². The number of hydrogen-bond donors (Lipinski definition) is 2. The van der Waals surface area contributed by atoms with E-state index in [1.54, 1.807) is 6.33 Å². The van der Waals surface area contributed by atoms with Crippen molar-refractivity contribution in [3.8, 4) is 0 Å². The van der Waals surface area contributed by atoms with Gasteiger partial charge in [0.2, 0.25) is 0 Å². The Balaban J connectivity index is 1.59. The first-order chi connectivity index (χ1) is 12.2. The van der Waals surface area contributed by atoms with Gasteiger partial charge in [-0.3, -0.25) is 0 Å². The summed E-state index contributed by atoms with van der Waals surface area (Å²) in [5.74, 6) is 1.49. The molecule has 0 aliphatic carbocycles. The van der Waals surface area contributed by atoms with Gasteiger partial charge in [0, 0.05) is 26.7 Å². The second-order valence-corrected chi connectivity index (χ2v) is 6.63. The number of benzene rings is 1. The van der Waals surface area contributed by atoms with E-state index in [-0.39, 0.29) is 0 Å². The van der Waals surface area contributed by atoms with E-state index in [4.69, 9.17) is 5.73 Å². The molecule has 0 radical (unpaired) electrons. The normalized spacial score (nSPS) is 15.1. The summed E-state index contributed by atoms with van der Waals surface area (Å²) in [5.41, 5.74) is 8.15. The maximum atomic E-state index is 6.31. The minimum Gasteiger partial charge on any atom is -0.393 e. The van der Waals surface area contributed by atoms with Crippen molar-refractivity contribution in [3.63, 3.8) is 0 Å². The predicted molar refractivity (Wildman–Crippen MR) is 104 cm³/mol. The molecule has 0 unspecified atom stereocenters. The lowest BCUT2D eigenvalue weighted by Crippen LogP contribution is -2.34. The largest absolute Gasteiger partial charge is 0.393 e. The lowest BCUT2D eigenvalue weighted by Gasteiger charge is -2.26. The van der Waals surface area contributed by atoms with Crippen molar-refractivity contribution >= 4 is 17.3 Å². The SMILES string of the molecule is CN(Cc1ccccc1)c1ncnc(NCCN2CCCCC2)c1N. The summed E-state index contributed by atoms with van der Waals surface area (Å²) in [6, 6.07) is 10.3. The number of piperidine rings is 1. The number of aromatic nitrogens is 2. The number of nitrogens with zero attached hydrogens (tertiary/aromatic N) is 4. The van der Waals surface area contributed by atoms with E-state index in [2.05, 4.69) is 37.2 Å². The van der Waals surface area contributed by atoms with Crippen LogP contribution in [0.25, 0.3) is 0 Å². The van der Waals surface area contributed by atoms with Crippen LogP contribution >= 0.6 is 0 Å². The first-order valence-electron chi connectivity index (χ1n) is 9.06. The van der Waals surface area contributed by atoms with Crippen LogP contribution in [0.5, 0.6) is 0 Å². The minimum absolute atomic E-state index is 0.611. The van der Waals surface area contributed by atoms with Gasteiger partial charge in [-0.2, -0.15) is 0 Å². The third-order valence-electron chi connectivity index (χ3n) is 4.66. The van der Waals surface area contributed by atoms with Crippen molar-refractivity contribution in [1.82, 2.24) is 14.9 Å². The predicted octanol–water partition coefficient (Wildman–Crippen LogP) is 2.59. The summed E-state index contributed by atoms with van der Waals surface area (Å²) in [5, 5.41) is 3.37. The number of likely N-dealkylation sites (tertiary alicyclic amines) is 1. The first-order valence-corrected chi connectivity index (χ1v) is 9.06. The zero-order valence-electron chi connectivity index (χ0n) is 15.0. The second-order valence-electron chi connectivity index (χ2n) is 6.63. The van der Waals surface area contributed by atoms with Gasteiger partial charge in [-0.25, -0.2) is 9.97 Å². The molecule has 0 bridgehead atoms. The highest BCUT2D eigenvalue weighted by molar-refractivity contribution is 5.74. The Morgan fingerprint density at radius 2 is 1.88 bits per heavy atom. The van der Waals surface area contributed by atoms with Gasteiger partial charge in [-0.05, 0) is 31.5 Å². The van der Waals surface area contributed by atoms with E-state index in [9.17, 15) is 0 Å². The molecule has 1 fully saturated rings. The van der Waals surface area contributed by atoms with Crippen molar-refractivity contribution in [2.45, 2.75) is 25.8 Å². The molecule has 2 aromatic rings. The van der Waals surface area contributed by atoms with E-state index in [1.807, 2.05) is 25.2 Å². The van der Waals surface area contributed by atoms with Gasteiger partial charge in [0.15, 0.2) is 11.6 Å². The number of nitrogens with two attached hydrogens (primary N) is 1. The van der Waals surface area contributed by atoms with E-state index in [0.29, 0.717) is 5.69 Å². The van der Waals surface area contributed by atoms with Crippen LogP contribution in [-0.2, 0) is 6.54 Å². The molecule has 6 nitrogen and oxygen atoms in total. The molecule has 2 heterocycles. The van der Waals surface area contributed by atoms with Gasteiger partial charge in [0.25, 0.3) is 0 Å². The molecule has 0 saturated carbocycles. The van der Waals surface area contributed by atoms with Crippen molar-refractivity contribution in [3.05, 3.63) is 42.2 Å². The maximum absolute atomic E-state index is 6.31. The fourth-order valence-corrected chi connectivity index (χ4v) is 3.28. The zero-order chi connectivity index (χ0) is 17.5. The van der Waals surface area contributed by atoms with Gasteiger partial charge >= 0.3 is 0 Å². The summed E-state index contributed by atoms with van der Waals surface area (Å²) in [6.45, 7) is 5.04. The molecule has 1 aliphatic rings. The van der Waals surface area contributed by atoms with Crippen LogP contribution in [0, 0.1) is 0 Å². The molecular weight excluding hydrogens is 312 g/mol. The molecule has 3 rings (SSSR count). The number of nitrogens with one attached hydrogen (secondary N) is 1. The van der Waals surface area contributed by atoms with Crippen molar-refractivity contribution < 1.29 is 0 Å². The summed E-state index contributed by atoms with van der Waals surface area (Å²) in [4.78, 5) is 13.2. The third-order valence-corrected chi connectivity index (χ3v) is 4.66. The van der Waals surface area contributed by atoms with E-state index >= 15 is 0 Å². The number of hydrogen-bond acceptors (Lipinski definition) is 6. The van der Waals surface area contributed by atoms with Gasteiger partial charge in [0.1, 0.15) is 12.0 Å². The Labute approximate surface area is 150 Å². The molecular formula is C19H28N6. The summed E-state index contributed by atoms with van der Waals surface area (Å²) >= 11 is 0. The Hall–Kier alpha value is -2.34. The molecule has 1 aromatic carbocycles. The average molecular weight is 340 g/mol. The van der Waals surface area contributed by atoms with Crippen LogP contribution in [0.3, 0.4) is 0 Å². The third kappa shape index (κ3) is 4.82. The molecule has 1 aliphatic heterocycles. The van der Waals surface area contributed by atoms with Gasteiger partial charge in [-0.1, -0.05) is 36.8 Å². The quantitative estimate of drug-likeness (QED) is 0.807. The lowest BCUT2D eigenvalue weighted by atomic mass is 10.1. The van der Waals surface area contributed by atoms with Crippen molar-refractivity contribution in [1.29, 1.82) is 0 Å². The van der Waals surface area contributed by atoms with E-state index in [1.165, 1.54) is 37.9 Å². The van der Waals surface area contributed by atoms with Crippen LogP contribution in [0.4, 0.5) is 17.3 Å². The van der Waals surface area contributed by atoms with Crippen LogP contribution < -0.4 is 16.0 Å². The molecule has 1 aromatic heterocycles. The molecule has 25 heavy (non-hydrogen) atoms. The molecule has 134 valence electrons. The highest BCUT2D eigenvalue weighted by atomic mass is 15.2. The van der Waals surface area contributed by atoms with Crippen molar-refractivity contribution in [2.24, 2.45) is 0 Å². The number of rotatable bonds is 7. The highest BCUT2D eigenvalue weighted by Crippen LogP contribution is 2.26. The number of anilines is 3. The fraction of sp³-hybridized carbons (Fsp3) is 0.474. The Morgan fingerprint density at radius 1 is 1.12 bits per heavy atom. The maximum Gasteiger partial charge on any atom is 0.157 e. The lowest BCUT2D eigenvalue weighted by molar-refractivity contribution is 0.237. The molecule has 1 saturated heterocycles. The van der Waals surface area contributed by atoms with Crippen molar-refractivity contribution in [2.75, 3.05) is 49.2 Å². The van der Waals surface area contributed by atoms with Gasteiger partial charge in [-0.15, -0.1) is 0 Å². The Morgan fingerprint density at radius 3 is 2.64 bits per heavy atom. The average Bonchev–Trinajstić information content (AvgIpc) is 2.65. The Kier molecular flexibility index (Phi) is 6.06.